The topological polar surface area (TPSA) is 67.5 Å². The van der Waals surface area contributed by atoms with E-state index in [1.807, 2.05) is 71.6 Å². The number of methoxy groups -OCH3 is 1. The molecule has 5 rings (SSSR count). The molecule has 190 valence electrons. The highest BCUT2D eigenvalue weighted by Gasteiger charge is 2.42. The lowest BCUT2D eigenvalue weighted by atomic mass is 9.95. The lowest BCUT2D eigenvalue weighted by Gasteiger charge is -2.27. The number of H-pyrrole nitrogens is 1. The van der Waals surface area contributed by atoms with Gasteiger partial charge in [-0.1, -0.05) is 61.3 Å². The number of ether oxygens (including phenoxy) is 2. The largest absolute Gasteiger partial charge is 0.497 e. The number of halogens is 1. The van der Waals surface area contributed by atoms with E-state index in [9.17, 15) is 4.79 Å². The molecule has 0 bridgehead atoms. The smallest absolute Gasteiger partial charge is 0.273 e. The second kappa shape index (κ2) is 11.1. The zero-order valence-electron chi connectivity index (χ0n) is 21.0. The molecule has 0 aliphatic carbocycles. The second-order valence-electron chi connectivity index (χ2n) is 9.14. The molecule has 0 saturated carbocycles. The highest BCUT2D eigenvalue weighted by Crippen LogP contribution is 2.43. The summed E-state index contributed by atoms with van der Waals surface area (Å²) in [5.41, 5.74) is 5.21. The molecule has 1 aliphatic heterocycles. The van der Waals surface area contributed by atoms with Crippen LogP contribution in [0.1, 0.15) is 53.0 Å². The summed E-state index contributed by atoms with van der Waals surface area (Å²) >= 11 is 6.14. The van der Waals surface area contributed by atoms with Crippen molar-refractivity contribution in [1.29, 1.82) is 0 Å². The highest BCUT2D eigenvalue weighted by atomic mass is 35.5. The van der Waals surface area contributed by atoms with Crippen LogP contribution in [-0.2, 0) is 6.42 Å². The first-order chi connectivity index (χ1) is 18.1. The van der Waals surface area contributed by atoms with E-state index in [1.54, 1.807) is 7.11 Å². The quantitative estimate of drug-likeness (QED) is 0.238. The van der Waals surface area contributed by atoms with Crippen LogP contribution in [0.3, 0.4) is 0 Å². The van der Waals surface area contributed by atoms with E-state index in [2.05, 4.69) is 23.2 Å². The van der Waals surface area contributed by atoms with Gasteiger partial charge in [0.25, 0.3) is 5.91 Å². The molecule has 2 heterocycles. The van der Waals surface area contributed by atoms with E-state index in [0.717, 1.165) is 52.3 Å². The fourth-order valence-electron chi connectivity index (χ4n) is 4.75. The number of aromatic amines is 1. The van der Waals surface area contributed by atoms with Gasteiger partial charge in [0.15, 0.2) is 0 Å². The molecule has 0 saturated heterocycles. The van der Waals surface area contributed by atoms with Crippen molar-refractivity contribution in [2.45, 2.75) is 32.2 Å². The number of benzene rings is 3. The van der Waals surface area contributed by atoms with Gasteiger partial charge >= 0.3 is 0 Å². The van der Waals surface area contributed by atoms with Crippen LogP contribution in [-0.4, -0.2) is 41.3 Å². The van der Waals surface area contributed by atoms with Gasteiger partial charge in [-0.3, -0.25) is 9.89 Å². The highest BCUT2D eigenvalue weighted by molar-refractivity contribution is 6.30. The minimum Gasteiger partial charge on any atom is -0.497 e. The molecule has 1 aliphatic rings. The molecule has 4 aromatic rings. The van der Waals surface area contributed by atoms with Crippen molar-refractivity contribution in [2.75, 3.05) is 20.3 Å². The van der Waals surface area contributed by atoms with Gasteiger partial charge in [0, 0.05) is 22.7 Å². The Kier molecular flexibility index (Phi) is 7.47. The molecule has 0 spiro atoms. The summed E-state index contributed by atoms with van der Waals surface area (Å²) in [4.78, 5) is 15.6. The number of amides is 1. The monoisotopic (exact) mass is 515 g/mol. The van der Waals surface area contributed by atoms with Crippen LogP contribution in [0, 0.1) is 0 Å². The van der Waals surface area contributed by atoms with Crippen LogP contribution < -0.4 is 9.47 Å². The summed E-state index contributed by atoms with van der Waals surface area (Å²) in [6, 6.07) is 23.3. The van der Waals surface area contributed by atoms with Crippen LogP contribution in [0.5, 0.6) is 11.5 Å². The Bertz CT molecular complexity index is 1370. The Morgan fingerprint density at radius 3 is 2.54 bits per heavy atom. The SMILES string of the molecule is CCCCOc1cccc(C2c3c(-c4ccc(Cl)cc4)n[nH]c3C(=O)N2CCc2ccc(OC)cc2)c1. The number of carbonyl (C=O) groups excluding carboxylic acids is 1. The Morgan fingerprint density at radius 1 is 1.03 bits per heavy atom. The van der Waals surface area contributed by atoms with Crippen LogP contribution >= 0.6 is 11.6 Å². The van der Waals surface area contributed by atoms with E-state index in [-0.39, 0.29) is 11.9 Å². The summed E-state index contributed by atoms with van der Waals surface area (Å²) < 4.78 is 11.3. The number of hydrogen-bond donors (Lipinski definition) is 1. The third kappa shape index (κ3) is 5.20. The lowest BCUT2D eigenvalue weighted by molar-refractivity contribution is 0.0745. The lowest BCUT2D eigenvalue weighted by Crippen LogP contribution is -2.31. The summed E-state index contributed by atoms with van der Waals surface area (Å²) in [7, 11) is 1.66. The van der Waals surface area contributed by atoms with E-state index in [0.29, 0.717) is 30.3 Å². The third-order valence-corrected chi connectivity index (χ3v) is 6.97. The number of nitrogens with zero attached hydrogens (tertiary/aromatic N) is 2. The molecule has 1 unspecified atom stereocenters. The molecular weight excluding hydrogens is 486 g/mol. The van der Waals surface area contributed by atoms with Crippen LogP contribution in [0.4, 0.5) is 0 Å². The first-order valence-electron chi connectivity index (χ1n) is 12.6. The summed E-state index contributed by atoms with van der Waals surface area (Å²) in [6.45, 7) is 3.36. The molecule has 1 aromatic heterocycles. The standard InChI is InChI=1S/C30H30ClN3O3/c1-3-4-18-37-25-7-5-6-22(19-25)29-26-27(21-10-12-23(31)13-11-21)32-33-28(26)30(35)34(29)17-16-20-8-14-24(36-2)15-9-20/h5-15,19,29H,3-4,16-18H2,1-2H3,(H,32,33). The van der Waals surface area contributed by atoms with Gasteiger partial charge in [-0.25, -0.2) is 0 Å². The van der Waals surface area contributed by atoms with E-state index >= 15 is 0 Å². The number of hydrogen-bond acceptors (Lipinski definition) is 4. The van der Waals surface area contributed by atoms with Gasteiger partial charge in [0.1, 0.15) is 17.2 Å². The minimum absolute atomic E-state index is 0.0569. The van der Waals surface area contributed by atoms with E-state index < -0.39 is 0 Å². The summed E-state index contributed by atoms with van der Waals surface area (Å²) in [5, 5.41) is 8.24. The second-order valence-corrected chi connectivity index (χ2v) is 9.58. The first-order valence-corrected chi connectivity index (χ1v) is 13.0. The number of nitrogens with one attached hydrogen (secondary N) is 1. The van der Waals surface area contributed by atoms with Crippen molar-refractivity contribution in [3.63, 3.8) is 0 Å². The molecule has 1 N–H and O–H groups in total. The van der Waals surface area contributed by atoms with Crippen LogP contribution in [0.2, 0.25) is 5.02 Å². The molecule has 7 heteroatoms. The Morgan fingerprint density at radius 2 is 1.81 bits per heavy atom. The van der Waals surface area contributed by atoms with Crippen molar-refractivity contribution >= 4 is 17.5 Å². The van der Waals surface area contributed by atoms with Crippen molar-refractivity contribution in [3.05, 3.63) is 100 Å². The normalized spacial score (nSPS) is 14.6. The summed E-state index contributed by atoms with van der Waals surface area (Å²) in [5.74, 6) is 1.56. The van der Waals surface area contributed by atoms with Gasteiger partial charge in [-0.05, 0) is 60.4 Å². The number of carbonyl (C=O) groups is 1. The number of rotatable bonds is 10. The molecule has 6 nitrogen and oxygen atoms in total. The Labute approximate surface area is 222 Å². The van der Waals surface area contributed by atoms with Gasteiger partial charge < -0.3 is 14.4 Å². The molecular formula is C30H30ClN3O3. The Hall–Kier alpha value is -3.77. The average Bonchev–Trinajstić information content (AvgIpc) is 3.47. The van der Waals surface area contributed by atoms with Crippen molar-refractivity contribution < 1.29 is 14.3 Å². The zero-order valence-corrected chi connectivity index (χ0v) is 21.8. The average molecular weight is 516 g/mol. The predicted molar refractivity (Wildman–Crippen MR) is 145 cm³/mol. The predicted octanol–water partition coefficient (Wildman–Crippen LogP) is 6.71. The van der Waals surface area contributed by atoms with Crippen molar-refractivity contribution in [2.24, 2.45) is 0 Å². The molecule has 1 amide bonds. The van der Waals surface area contributed by atoms with Gasteiger partial charge in [0.2, 0.25) is 0 Å². The molecule has 3 aromatic carbocycles. The molecule has 1 atom stereocenters. The zero-order chi connectivity index (χ0) is 25.8. The van der Waals surface area contributed by atoms with Gasteiger partial charge in [-0.15, -0.1) is 0 Å². The molecule has 0 fully saturated rings. The fourth-order valence-corrected chi connectivity index (χ4v) is 4.88. The maximum absolute atomic E-state index is 13.7. The Balaban J connectivity index is 1.51. The van der Waals surface area contributed by atoms with Crippen LogP contribution in [0.15, 0.2) is 72.8 Å². The van der Waals surface area contributed by atoms with Gasteiger partial charge in [-0.2, -0.15) is 5.10 Å². The van der Waals surface area contributed by atoms with Crippen LogP contribution in [0.25, 0.3) is 11.3 Å². The summed E-state index contributed by atoms with van der Waals surface area (Å²) in [6.07, 6.45) is 2.78. The minimum atomic E-state index is -0.292. The molecule has 37 heavy (non-hydrogen) atoms. The number of unbranched alkanes of at least 4 members (excludes halogenated alkanes) is 1. The van der Waals surface area contributed by atoms with Crippen molar-refractivity contribution in [1.82, 2.24) is 15.1 Å². The molecule has 0 radical (unpaired) electrons. The van der Waals surface area contributed by atoms with Gasteiger partial charge in [0.05, 0.1) is 25.5 Å². The maximum atomic E-state index is 13.7. The van der Waals surface area contributed by atoms with E-state index in [1.165, 1.54) is 0 Å². The third-order valence-electron chi connectivity index (χ3n) is 6.72. The van der Waals surface area contributed by atoms with Crippen molar-refractivity contribution in [3.8, 4) is 22.8 Å². The number of fused-ring (bicyclic) bond motifs is 1. The van der Waals surface area contributed by atoms with E-state index in [4.69, 9.17) is 21.1 Å². The maximum Gasteiger partial charge on any atom is 0.273 e. The number of aromatic nitrogens is 2. The fraction of sp³-hybridized carbons (Fsp3) is 0.267. The first kappa shape index (κ1) is 24.9.